The van der Waals surface area contributed by atoms with Gasteiger partial charge in [-0.3, -0.25) is 9.36 Å². The molecule has 3 aromatic rings. The predicted octanol–water partition coefficient (Wildman–Crippen LogP) is 1.79. The molecule has 0 fully saturated rings. The van der Waals surface area contributed by atoms with Crippen molar-refractivity contribution >= 4 is 17.0 Å². The number of halogens is 2. The molecule has 32 heavy (non-hydrogen) atoms. The maximum absolute atomic E-state index is 13.5. The second kappa shape index (κ2) is 10.4. The maximum atomic E-state index is 13.5. The Morgan fingerprint density at radius 1 is 1.12 bits per heavy atom. The average Bonchev–Trinajstić information content (AvgIpc) is 2.71. The lowest BCUT2D eigenvalue weighted by Crippen LogP contribution is -2.28. The summed E-state index contributed by atoms with van der Waals surface area (Å²) in [5.74, 6) is -1.96. The lowest BCUT2D eigenvalue weighted by molar-refractivity contribution is 0.173. The largest absolute Gasteiger partial charge is 0.451 e. The highest BCUT2D eigenvalue weighted by Gasteiger charge is 2.17. The summed E-state index contributed by atoms with van der Waals surface area (Å²) in [4.78, 5) is 21.6. The van der Waals surface area contributed by atoms with E-state index in [-0.39, 0.29) is 48.9 Å². The van der Waals surface area contributed by atoms with Gasteiger partial charge in [0.1, 0.15) is 23.0 Å². The molecule has 0 spiro atoms. The summed E-state index contributed by atoms with van der Waals surface area (Å²) in [6, 6.07) is 3.63. The third-order valence-electron chi connectivity index (χ3n) is 4.59. The minimum Gasteiger partial charge on any atom is -0.451 e. The number of rotatable bonds is 10. The number of hydrogen-bond donors (Lipinski definition) is 4. The highest BCUT2D eigenvalue weighted by Crippen LogP contribution is 2.24. The summed E-state index contributed by atoms with van der Waals surface area (Å²) in [5, 5.41) is 31.6. The van der Waals surface area contributed by atoms with Crippen LogP contribution >= 0.6 is 0 Å². The van der Waals surface area contributed by atoms with Crippen molar-refractivity contribution < 1.29 is 28.8 Å². The number of aromatic nitrogens is 3. The summed E-state index contributed by atoms with van der Waals surface area (Å²) in [5.41, 5.74) is -0.451. The lowest BCUT2D eigenvalue weighted by atomic mass is 10.1. The SMILES string of the molecule is C[C@H](O)Cn1c(=O)c(Oc2cc(F)cc(F)c2)cc2cnc(NC(CCO)CCO)nc21. The fourth-order valence-corrected chi connectivity index (χ4v) is 3.21. The van der Waals surface area contributed by atoms with Crippen molar-refractivity contribution in [3.8, 4) is 11.5 Å². The predicted molar refractivity (Wildman–Crippen MR) is 113 cm³/mol. The van der Waals surface area contributed by atoms with Crippen LogP contribution in [0.4, 0.5) is 14.7 Å². The second-order valence-corrected chi connectivity index (χ2v) is 7.32. The molecule has 0 aliphatic heterocycles. The van der Waals surface area contributed by atoms with E-state index < -0.39 is 23.3 Å². The van der Waals surface area contributed by atoms with Gasteiger partial charge in [0, 0.05) is 49.0 Å². The van der Waals surface area contributed by atoms with Crippen LogP contribution in [-0.2, 0) is 6.54 Å². The molecule has 2 aromatic heterocycles. The van der Waals surface area contributed by atoms with E-state index in [0.29, 0.717) is 24.3 Å². The van der Waals surface area contributed by atoms with Crippen molar-refractivity contribution in [3.63, 3.8) is 0 Å². The highest BCUT2D eigenvalue weighted by atomic mass is 19.1. The number of anilines is 1. The fraction of sp³-hybridized carbons (Fsp3) is 0.381. The fourth-order valence-electron chi connectivity index (χ4n) is 3.21. The first-order valence-electron chi connectivity index (χ1n) is 10.0. The van der Waals surface area contributed by atoms with E-state index >= 15 is 0 Å². The number of ether oxygens (including phenoxy) is 1. The van der Waals surface area contributed by atoms with E-state index in [0.717, 1.165) is 12.1 Å². The van der Waals surface area contributed by atoms with Gasteiger partial charge in [-0.2, -0.15) is 4.98 Å². The van der Waals surface area contributed by atoms with Gasteiger partial charge in [0.15, 0.2) is 5.75 Å². The van der Waals surface area contributed by atoms with Crippen LogP contribution in [0.1, 0.15) is 19.8 Å². The van der Waals surface area contributed by atoms with Crippen LogP contribution < -0.4 is 15.6 Å². The zero-order valence-corrected chi connectivity index (χ0v) is 17.3. The van der Waals surface area contributed by atoms with Crippen LogP contribution in [0.25, 0.3) is 11.0 Å². The van der Waals surface area contributed by atoms with E-state index in [1.165, 1.54) is 23.8 Å². The number of aliphatic hydroxyl groups is 3. The monoisotopic (exact) mass is 450 g/mol. The molecule has 0 aliphatic rings. The number of nitrogens with zero attached hydrogens (tertiary/aromatic N) is 3. The first kappa shape index (κ1) is 23.5. The molecule has 0 saturated carbocycles. The quantitative estimate of drug-likeness (QED) is 0.368. The summed E-state index contributed by atoms with van der Waals surface area (Å²) in [6.45, 7) is 1.18. The molecule has 0 aliphatic carbocycles. The first-order chi connectivity index (χ1) is 15.3. The van der Waals surface area contributed by atoms with E-state index in [1.807, 2.05) is 0 Å². The van der Waals surface area contributed by atoms with Crippen molar-refractivity contribution in [1.82, 2.24) is 14.5 Å². The Bertz CT molecular complexity index is 1110. The van der Waals surface area contributed by atoms with E-state index in [9.17, 15) is 28.9 Å². The molecular weight excluding hydrogens is 426 g/mol. The van der Waals surface area contributed by atoms with Gasteiger partial charge < -0.3 is 25.4 Å². The molecule has 0 radical (unpaired) electrons. The lowest BCUT2D eigenvalue weighted by Gasteiger charge is -2.18. The van der Waals surface area contributed by atoms with Gasteiger partial charge >= 0.3 is 0 Å². The molecule has 11 heteroatoms. The number of aliphatic hydroxyl groups excluding tert-OH is 3. The molecule has 9 nitrogen and oxygen atoms in total. The van der Waals surface area contributed by atoms with Crippen LogP contribution in [0.2, 0.25) is 0 Å². The van der Waals surface area contributed by atoms with Crippen LogP contribution in [-0.4, -0.2) is 55.2 Å². The van der Waals surface area contributed by atoms with Crippen LogP contribution in [0.3, 0.4) is 0 Å². The van der Waals surface area contributed by atoms with Gasteiger partial charge in [0.25, 0.3) is 5.56 Å². The molecule has 4 N–H and O–H groups in total. The molecular formula is C21H24F2N4O5. The topological polar surface area (TPSA) is 130 Å². The van der Waals surface area contributed by atoms with Crippen molar-refractivity contribution in [2.24, 2.45) is 0 Å². The van der Waals surface area contributed by atoms with E-state index in [2.05, 4.69) is 15.3 Å². The second-order valence-electron chi connectivity index (χ2n) is 7.32. The van der Waals surface area contributed by atoms with Gasteiger partial charge in [-0.1, -0.05) is 0 Å². The van der Waals surface area contributed by atoms with Gasteiger partial charge in [-0.25, -0.2) is 13.8 Å². The third kappa shape index (κ3) is 5.75. The number of hydrogen-bond acceptors (Lipinski definition) is 8. The van der Waals surface area contributed by atoms with Gasteiger partial charge in [-0.05, 0) is 25.8 Å². The molecule has 1 aromatic carbocycles. The molecule has 3 rings (SSSR count). The summed E-state index contributed by atoms with van der Waals surface area (Å²) in [7, 11) is 0. The summed E-state index contributed by atoms with van der Waals surface area (Å²) in [6.07, 6.45) is 1.25. The molecule has 172 valence electrons. The van der Waals surface area contributed by atoms with E-state index in [4.69, 9.17) is 4.74 Å². The van der Waals surface area contributed by atoms with Crippen molar-refractivity contribution in [1.29, 1.82) is 0 Å². The molecule has 2 heterocycles. The van der Waals surface area contributed by atoms with Crippen LogP contribution in [0.15, 0.2) is 35.3 Å². The zero-order valence-electron chi connectivity index (χ0n) is 17.3. The standard InChI is InChI=1S/C21H24F2N4O5/c1-12(30)11-27-19-13(10-24-21(26-19)25-16(2-4-28)3-5-29)6-18(20(27)31)32-17-8-14(22)7-15(23)9-17/h6-10,12,16,28-30H,2-5,11H2,1H3,(H,24,25,26)/t12-/m0/s1. The first-order valence-corrected chi connectivity index (χ1v) is 10.0. The van der Waals surface area contributed by atoms with Crippen LogP contribution in [0.5, 0.6) is 11.5 Å². The van der Waals surface area contributed by atoms with Crippen molar-refractivity contribution in [3.05, 3.63) is 52.5 Å². The molecule has 0 unspecified atom stereocenters. The molecule has 0 amide bonds. The third-order valence-corrected chi connectivity index (χ3v) is 4.59. The highest BCUT2D eigenvalue weighted by molar-refractivity contribution is 5.77. The number of nitrogens with one attached hydrogen (secondary N) is 1. The zero-order chi connectivity index (χ0) is 23.3. The average molecular weight is 450 g/mol. The summed E-state index contributed by atoms with van der Waals surface area (Å²) < 4.78 is 33.6. The Morgan fingerprint density at radius 3 is 2.38 bits per heavy atom. The van der Waals surface area contributed by atoms with Gasteiger partial charge in [-0.15, -0.1) is 0 Å². The number of fused-ring (bicyclic) bond motifs is 1. The normalized spacial score (nSPS) is 12.3. The van der Waals surface area contributed by atoms with Gasteiger partial charge in [0.2, 0.25) is 5.95 Å². The molecule has 0 saturated heterocycles. The maximum Gasteiger partial charge on any atom is 0.295 e. The van der Waals surface area contributed by atoms with Gasteiger partial charge in [0.05, 0.1) is 12.6 Å². The van der Waals surface area contributed by atoms with E-state index in [1.54, 1.807) is 0 Å². The Labute approximate surface area is 181 Å². The smallest absolute Gasteiger partial charge is 0.295 e. The minimum atomic E-state index is -0.902. The minimum absolute atomic E-state index is 0.0979. The van der Waals surface area contributed by atoms with Crippen molar-refractivity contribution in [2.45, 2.75) is 38.5 Å². The Balaban J connectivity index is 2.04. The molecule has 0 bridgehead atoms. The Morgan fingerprint density at radius 2 is 1.78 bits per heavy atom. The van der Waals surface area contributed by atoms with Crippen molar-refractivity contribution in [2.75, 3.05) is 18.5 Å². The molecule has 1 atom stereocenters. The number of benzene rings is 1. The number of pyridine rings is 1. The Hall–Kier alpha value is -3.15. The van der Waals surface area contributed by atoms with Crippen LogP contribution in [0, 0.1) is 11.6 Å². The Kier molecular flexibility index (Phi) is 7.67. The summed E-state index contributed by atoms with van der Waals surface area (Å²) >= 11 is 0.